The summed E-state index contributed by atoms with van der Waals surface area (Å²) in [5, 5.41) is 56.5. The molecule has 1 saturated carbocycles. The summed E-state index contributed by atoms with van der Waals surface area (Å²) in [4.78, 5) is 100. The van der Waals surface area contributed by atoms with Crippen LogP contribution in [0.15, 0.2) is 48.5 Å². The third-order valence-corrected chi connectivity index (χ3v) is 9.80. The normalized spacial score (nSPS) is 15.3. The number of nitrogens with zero attached hydrogens (tertiary/aromatic N) is 3. The van der Waals surface area contributed by atoms with E-state index in [1.54, 1.807) is 24.3 Å². The van der Waals surface area contributed by atoms with Gasteiger partial charge < -0.3 is 55.7 Å². The zero-order valence-corrected chi connectivity index (χ0v) is 34.9. The maximum atomic E-state index is 12.6. The zero-order valence-electron chi connectivity index (χ0n) is 34.9. The number of benzene rings is 2. The second-order valence-electron chi connectivity index (χ2n) is 14.7. The van der Waals surface area contributed by atoms with E-state index in [-0.39, 0.29) is 51.0 Å². The second kappa shape index (κ2) is 26.9. The molecule has 2 aromatic rings. The second-order valence-corrected chi connectivity index (χ2v) is 14.7. The van der Waals surface area contributed by atoms with Gasteiger partial charge in [0.2, 0.25) is 0 Å². The van der Waals surface area contributed by atoms with Gasteiger partial charge in [0.1, 0.15) is 12.4 Å². The van der Waals surface area contributed by atoms with E-state index in [9.17, 15) is 63.9 Å². The molecule has 3 rings (SSSR count). The van der Waals surface area contributed by atoms with Crippen LogP contribution in [0.3, 0.4) is 0 Å². The fraction of sp³-hybridized carbons (Fsp3) is 0.512. The number of carboxylic acid groups (broad SMARTS) is 5. The molecule has 1 fully saturated rings. The summed E-state index contributed by atoms with van der Waals surface area (Å²) in [5.41, 5.74) is 1.38. The minimum absolute atomic E-state index is 0.0109. The summed E-state index contributed by atoms with van der Waals surface area (Å²) >= 11 is 0. The number of hydrogen-bond acceptors (Lipinski definition) is 14. The van der Waals surface area contributed by atoms with Crippen LogP contribution in [0.5, 0.6) is 5.75 Å². The number of urea groups is 1. The van der Waals surface area contributed by atoms with Gasteiger partial charge >= 0.3 is 42.0 Å². The average molecular weight is 889 g/mol. The number of anilines is 1. The van der Waals surface area contributed by atoms with E-state index >= 15 is 0 Å². The number of amides is 3. The van der Waals surface area contributed by atoms with Crippen LogP contribution in [0.4, 0.5) is 15.3 Å². The smallest absolute Gasteiger partial charge is 0.480 e. The Kier molecular flexibility index (Phi) is 21.7. The number of hydrogen-bond donors (Lipinski definition) is 8. The lowest BCUT2D eigenvalue weighted by Gasteiger charge is -2.45. The highest BCUT2D eigenvalue weighted by molar-refractivity contribution is 5.94. The molecular weight excluding hydrogens is 832 g/mol. The molecule has 346 valence electrons. The van der Waals surface area contributed by atoms with E-state index in [0.717, 1.165) is 6.42 Å². The van der Waals surface area contributed by atoms with E-state index in [1.807, 2.05) is 6.92 Å². The quantitative estimate of drug-likeness (QED) is 0.0343. The van der Waals surface area contributed by atoms with Gasteiger partial charge in [0.05, 0.1) is 45.9 Å². The molecule has 0 aliphatic heterocycles. The van der Waals surface area contributed by atoms with Gasteiger partial charge in [0.25, 0.3) is 5.91 Å². The molecule has 1 aliphatic rings. The van der Waals surface area contributed by atoms with Gasteiger partial charge in [0.15, 0.2) is 0 Å². The van der Waals surface area contributed by atoms with E-state index in [0.29, 0.717) is 49.0 Å². The predicted molar refractivity (Wildman–Crippen MR) is 222 cm³/mol. The Bertz CT molecular complexity index is 1810. The van der Waals surface area contributed by atoms with Crippen molar-refractivity contribution in [3.8, 4) is 5.75 Å². The molecule has 3 amide bonds. The van der Waals surface area contributed by atoms with Gasteiger partial charge in [-0.05, 0) is 67.6 Å². The van der Waals surface area contributed by atoms with Crippen molar-refractivity contribution >= 4 is 53.6 Å². The van der Waals surface area contributed by atoms with Crippen LogP contribution in [0.1, 0.15) is 54.9 Å². The highest BCUT2D eigenvalue weighted by Gasteiger charge is 2.38. The van der Waals surface area contributed by atoms with Crippen LogP contribution in [0.25, 0.3) is 0 Å². The molecule has 0 unspecified atom stereocenters. The third kappa shape index (κ3) is 19.5. The van der Waals surface area contributed by atoms with Crippen molar-refractivity contribution in [2.75, 3.05) is 77.5 Å². The van der Waals surface area contributed by atoms with Crippen molar-refractivity contribution in [1.82, 2.24) is 25.3 Å². The summed E-state index contributed by atoms with van der Waals surface area (Å²) in [6.45, 7) is -0.798. The zero-order chi connectivity index (χ0) is 46.3. The maximum Gasteiger partial charge on any atom is 0.513 e. The van der Waals surface area contributed by atoms with Crippen LogP contribution in [0, 0.1) is 0 Å². The number of nitrogens with one attached hydrogen (secondary N) is 3. The first-order valence-corrected chi connectivity index (χ1v) is 20.3. The summed E-state index contributed by atoms with van der Waals surface area (Å²) in [6, 6.07) is 9.57. The minimum Gasteiger partial charge on any atom is -0.480 e. The van der Waals surface area contributed by atoms with Crippen molar-refractivity contribution in [2.45, 2.75) is 63.6 Å². The van der Waals surface area contributed by atoms with Crippen molar-refractivity contribution in [1.29, 1.82) is 0 Å². The van der Waals surface area contributed by atoms with Gasteiger partial charge in [0, 0.05) is 49.0 Å². The number of carbonyl (C=O) groups excluding carboxylic acids is 3. The molecule has 8 N–H and O–H groups in total. The van der Waals surface area contributed by atoms with Crippen LogP contribution in [0.2, 0.25) is 0 Å². The molecular formula is C41H56N6O16. The molecule has 0 heterocycles. The van der Waals surface area contributed by atoms with Crippen molar-refractivity contribution in [3.63, 3.8) is 0 Å². The highest BCUT2D eigenvalue weighted by atomic mass is 16.7. The molecule has 2 aromatic carbocycles. The predicted octanol–water partition coefficient (Wildman–Crippen LogP) is 1.73. The Hall–Kier alpha value is -6.36. The minimum atomic E-state index is -1.32. The molecule has 0 saturated heterocycles. The van der Waals surface area contributed by atoms with Gasteiger partial charge in [-0.25, -0.2) is 9.59 Å². The van der Waals surface area contributed by atoms with E-state index in [4.69, 9.17) is 14.2 Å². The molecule has 22 nitrogen and oxygen atoms in total. The van der Waals surface area contributed by atoms with E-state index in [1.165, 1.54) is 39.0 Å². The monoisotopic (exact) mass is 888 g/mol. The number of ether oxygens (including phenoxy) is 3. The first-order chi connectivity index (χ1) is 30.0. The summed E-state index contributed by atoms with van der Waals surface area (Å²) in [7, 11) is 0. The Morgan fingerprint density at radius 2 is 1.22 bits per heavy atom. The average Bonchev–Trinajstić information content (AvgIpc) is 3.21. The lowest BCUT2D eigenvalue weighted by atomic mass is 9.87. The lowest BCUT2D eigenvalue weighted by Crippen LogP contribution is -2.59. The summed E-state index contributed by atoms with van der Waals surface area (Å²) < 4.78 is 15.4. The maximum absolute atomic E-state index is 12.6. The Labute approximate surface area is 363 Å². The Morgan fingerprint density at radius 3 is 1.78 bits per heavy atom. The summed E-state index contributed by atoms with van der Waals surface area (Å²) in [5.74, 6) is -6.48. The van der Waals surface area contributed by atoms with E-state index < -0.39 is 92.9 Å². The molecule has 0 spiro atoms. The Morgan fingerprint density at radius 1 is 0.667 bits per heavy atom. The number of rotatable bonds is 28. The topological polar surface area (TPSA) is 311 Å². The fourth-order valence-electron chi connectivity index (χ4n) is 7.15. The van der Waals surface area contributed by atoms with Crippen LogP contribution < -0.4 is 20.7 Å². The largest absolute Gasteiger partial charge is 0.513 e. The van der Waals surface area contributed by atoms with E-state index in [2.05, 4.69) is 16.0 Å². The molecule has 0 bridgehead atoms. The number of aliphatic carboxylic acids is 5. The van der Waals surface area contributed by atoms with Crippen molar-refractivity contribution < 1.29 is 78.1 Å². The Balaban J connectivity index is 1.57. The third-order valence-electron chi connectivity index (χ3n) is 9.80. The van der Waals surface area contributed by atoms with Crippen LogP contribution >= 0.6 is 0 Å². The summed E-state index contributed by atoms with van der Waals surface area (Å²) in [6.07, 6.45) is 1.90. The standard InChI is InChI=1S/C41H56N6O16/c1-2-15-42-39(58)28-9-13-31(14-10-28)63-41(60)62-19-18-61-17-16-43-40(59)44-29-11-7-27(8-12-29)20-30(45(22-34(48)49)23-35(50)51)21-46(24-36(52)53)32-5-3-4-6-33(32)47(25-37(54)55)26-38(56)57/h7-14,30,32-33H,2-6,15-26H2,1H3,(H,42,58)(H,48,49)(H,50,51)(H,52,53)(H,54,55)(H,56,57)(H2,43,44,59)/t30-,32+,33+/m1/s1. The van der Waals surface area contributed by atoms with Gasteiger partial charge in [-0.15, -0.1) is 0 Å². The number of carboxylic acids is 5. The first kappa shape index (κ1) is 51.0. The molecule has 0 radical (unpaired) electrons. The number of carbonyl (C=O) groups is 8. The van der Waals surface area contributed by atoms with Gasteiger partial charge in [-0.1, -0.05) is 31.9 Å². The SMILES string of the molecule is CCCNC(=O)c1ccc(OC(=O)OCCOCCNC(=O)Nc2ccc(C[C@H](CN(CC(=O)O)[C@H]3CCCC[C@@H]3N(CC(=O)O)CC(=O)O)N(CC(=O)O)CC(=O)O)cc2)cc1. The molecule has 63 heavy (non-hydrogen) atoms. The molecule has 3 atom stereocenters. The van der Waals surface area contributed by atoms with Gasteiger partial charge in [-0.3, -0.25) is 43.5 Å². The van der Waals surface area contributed by atoms with Crippen LogP contribution in [-0.2, 0) is 39.9 Å². The van der Waals surface area contributed by atoms with Crippen LogP contribution in [-0.4, -0.2) is 178 Å². The first-order valence-electron chi connectivity index (χ1n) is 20.3. The molecule has 1 aliphatic carbocycles. The highest BCUT2D eigenvalue weighted by Crippen LogP contribution is 2.29. The fourth-order valence-corrected chi connectivity index (χ4v) is 7.15. The van der Waals surface area contributed by atoms with Crippen molar-refractivity contribution in [3.05, 3.63) is 59.7 Å². The van der Waals surface area contributed by atoms with Gasteiger partial charge in [-0.2, -0.15) is 0 Å². The van der Waals surface area contributed by atoms with Crippen molar-refractivity contribution in [2.24, 2.45) is 0 Å². The molecule has 0 aromatic heterocycles. The molecule has 22 heteroatoms. The lowest BCUT2D eigenvalue weighted by molar-refractivity contribution is -0.146.